The molecule has 0 N–H and O–H groups in total. The molecule has 0 aliphatic carbocycles. The van der Waals surface area contributed by atoms with E-state index >= 15 is 26.3 Å². The quantitative estimate of drug-likeness (QED) is 0.0354. The normalized spacial score (nSPS) is 12.4. The largest absolute Gasteiger partial charge is 0.494 e. The highest BCUT2D eigenvalue weighted by atomic mass is 35.5. The lowest BCUT2D eigenvalue weighted by Crippen LogP contribution is -2.54. The molecule has 8 nitrogen and oxygen atoms in total. The summed E-state index contributed by atoms with van der Waals surface area (Å²) in [5.74, 6) is -0.632. The van der Waals surface area contributed by atoms with Crippen molar-refractivity contribution in [2.45, 2.75) is 71.0 Å². The highest BCUT2D eigenvalue weighted by molar-refractivity contribution is 7.91. The number of ether oxygens (including phenoxy) is 4. The summed E-state index contributed by atoms with van der Waals surface area (Å²) in [6.07, 6.45) is -21.4. The number of aryl methyl sites for hydroxylation is 1. The van der Waals surface area contributed by atoms with E-state index in [1.165, 1.54) is 97.1 Å². The molecule has 10 aromatic rings. The Labute approximate surface area is 552 Å². The van der Waals surface area contributed by atoms with Gasteiger partial charge >= 0.3 is 24.7 Å². The van der Waals surface area contributed by atoms with Gasteiger partial charge in [0.1, 0.15) is 40.2 Å². The smallest absolute Gasteiger partial charge is 0.411 e. The van der Waals surface area contributed by atoms with Crippen molar-refractivity contribution in [1.29, 1.82) is 0 Å². The van der Waals surface area contributed by atoms with Gasteiger partial charge in [-0.25, -0.2) is 8.42 Å². The molecule has 96 heavy (non-hydrogen) atoms. The second-order valence-corrected chi connectivity index (χ2v) is 24.7. The predicted octanol–water partition coefficient (Wildman–Crippen LogP) is 21.3. The van der Waals surface area contributed by atoms with Gasteiger partial charge in [0, 0.05) is 32.3 Å². The maximum absolute atomic E-state index is 15.0. The van der Waals surface area contributed by atoms with Crippen LogP contribution in [0.15, 0.2) is 252 Å². The van der Waals surface area contributed by atoms with E-state index in [0.717, 1.165) is 66.2 Å². The summed E-state index contributed by atoms with van der Waals surface area (Å²) in [4.78, 5) is 25.5. The van der Waals surface area contributed by atoms with Crippen LogP contribution in [0.5, 0.6) is 40.2 Å². The molecule has 10 aromatic carbocycles. The van der Waals surface area contributed by atoms with E-state index in [1.54, 1.807) is 48.5 Å². The van der Waals surface area contributed by atoms with Gasteiger partial charge < -0.3 is 18.9 Å². The second-order valence-electron chi connectivity index (χ2n) is 21.9. The average Bonchev–Trinajstić information content (AvgIpc) is 0.724. The third kappa shape index (κ3) is 14.8. The third-order valence-corrected chi connectivity index (χ3v) is 18.0. The van der Waals surface area contributed by atoms with Crippen LogP contribution in [0.25, 0.3) is 0 Å². The molecule has 0 aromatic heterocycles. The van der Waals surface area contributed by atoms with E-state index < -0.39 is 67.6 Å². The molecule has 0 fully saturated rings. The molecule has 0 saturated heterocycles. The molecule has 0 heterocycles. The first-order chi connectivity index (χ1) is 45.5. The second kappa shape index (κ2) is 28.0. The van der Waals surface area contributed by atoms with Crippen LogP contribution in [0.2, 0.25) is 10.0 Å². The van der Waals surface area contributed by atoms with E-state index in [0.29, 0.717) is 88.8 Å². The Balaban J connectivity index is 0.703. The van der Waals surface area contributed by atoms with E-state index in [2.05, 4.69) is 0 Å². The summed E-state index contributed by atoms with van der Waals surface area (Å²) in [6.45, 7) is 0.0659. The van der Waals surface area contributed by atoms with Gasteiger partial charge in [0.2, 0.25) is 20.7 Å². The minimum atomic E-state index is -5.91. The number of unbranched alkanes of at least 4 members (excludes halogenated alkanes) is 2. The number of rotatable bonds is 23. The van der Waals surface area contributed by atoms with Gasteiger partial charge in [-0.05, 0) is 235 Å². The van der Waals surface area contributed by atoms with Crippen LogP contribution in [-0.4, -0.2) is 51.3 Å². The molecular formula is C73H50Cl2F12O8S. The standard InChI is InChI=1S/C73H50Cl2F12O8S/c74-55-23-7-47(8-24-55)66(88)49-11-27-58(28-12-49)93-60-33-17-52(18-34-60)68(70(76,77)78,71(79,80)81)51-15-31-57(32-16-51)92-45-3-1-2-4-46-5-41-64(42-6-46)96(90,91)65-43-39-63(40-44-65)95-62-37-21-54(22-38-62)69(72(82,83)84,73(85,86)87)53-19-35-61(36-20-53)94-59-29-13-50(14-30-59)67(89)48-9-25-56(75)26-10-48/h5-44H,1-4,45H2. The van der Waals surface area contributed by atoms with Crippen LogP contribution in [0, 0.1) is 0 Å². The molecule has 23 heteroatoms. The molecule has 0 radical (unpaired) electrons. The Morgan fingerprint density at radius 3 is 0.854 bits per heavy atom. The molecular weight excluding hydrogens is 1340 g/mol. The summed E-state index contributed by atoms with van der Waals surface area (Å²) in [7, 11) is -4.11. The first-order valence-corrected chi connectivity index (χ1v) is 31.3. The van der Waals surface area contributed by atoms with Crippen molar-refractivity contribution in [1.82, 2.24) is 0 Å². The van der Waals surface area contributed by atoms with E-state index in [9.17, 15) is 44.3 Å². The molecule has 0 aliphatic heterocycles. The molecule has 0 bridgehead atoms. The number of carbonyl (C=O) groups excluding carboxylic acids is 2. The highest BCUT2D eigenvalue weighted by Gasteiger charge is 2.73. The molecule has 0 aliphatic rings. The number of carbonyl (C=O) groups is 2. The van der Waals surface area contributed by atoms with Crippen LogP contribution in [0.3, 0.4) is 0 Å². The molecule has 0 unspecified atom stereocenters. The number of sulfone groups is 1. The van der Waals surface area contributed by atoms with Gasteiger partial charge in [0.25, 0.3) is 0 Å². The molecule has 0 atom stereocenters. The zero-order chi connectivity index (χ0) is 68.8. The fourth-order valence-corrected chi connectivity index (χ4v) is 12.3. The topological polar surface area (TPSA) is 105 Å². The summed E-state index contributed by atoms with van der Waals surface area (Å²) < 4.78 is 230. The molecule has 10 rings (SSSR count). The Hall–Kier alpha value is -9.57. The fourth-order valence-electron chi connectivity index (χ4n) is 10.8. The van der Waals surface area contributed by atoms with Crippen LogP contribution in [0.4, 0.5) is 52.7 Å². The number of ketones is 2. The van der Waals surface area contributed by atoms with Crippen molar-refractivity contribution < 1.29 is 89.6 Å². The van der Waals surface area contributed by atoms with E-state index in [4.69, 9.17) is 42.1 Å². The van der Waals surface area contributed by atoms with Crippen LogP contribution >= 0.6 is 23.2 Å². The predicted molar refractivity (Wildman–Crippen MR) is 336 cm³/mol. The van der Waals surface area contributed by atoms with E-state index in [-0.39, 0.29) is 73.8 Å². The van der Waals surface area contributed by atoms with Gasteiger partial charge in [-0.15, -0.1) is 0 Å². The molecule has 494 valence electrons. The number of hydrogen-bond acceptors (Lipinski definition) is 8. The Kier molecular flexibility index (Phi) is 20.2. The zero-order valence-corrected chi connectivity index (χ0v) is 51.9. The maximum atomic E-state index is 15.0. The lowest BCUT2D eigenvalue weighted by Gasteiger charge is -2.38. The van der Waals surface area contributed by atoms with Crippen molar-refractivity contribution in [3.63, 3.8) is 0 Å². The number of hydrogen-bond donors (Lipinski definition) is 0. The zero-order valence-electron chi connectivity index (χ0n) is 49.6. The summed E-state index contributed by atoms with van der Waals surface area (Å²) in [5.41, 5.74) is -11.4. The van der Waals surface area contributed by atoms with Crippen molar-refractivity contribution >= 4 is 44.6 Å². The number of benzene rings is 10. The van der Waals surface area contributed by atoms with E-state index in [1.807, 2.05) is 0 Å². The summed E-state index contributed by atoms with van der Waals surface area (Å²) >= 11 is 11.8. The van der Waals surface area contributed by atoms with Crippen molar-refractivity contribution in [3.05, 3.63) is 303 Å². The lowest BCUT2D eigenvalue weighted by molar-refractivity contribution is -0.290. The van der Waals surface area contributed by atoms with Crippen LogP contribution in [-0.2, 0) is 27.1 Å². The Morgan fingerprint density at radius 2 is 0.562 bits per heavy atom. The monoisotopic (exact) mass is 1380 g/mol. The Morgan fingerprint density at radius 1 is 0.312 bits per heavy atom. The first kappa shape index (κ1) is 69.3. The molecule has 0 spiro atoms. The minimum absolute atomic E-state index is 0.00411. The van der Waals surface area contributed by atoms with Crippen molar-refractivity contribution in [3.8, 4) is 40.2 Å². The molecule has 0 amide bonds. The molecule has 0 saturated carbocycles. The van der Waals surface area contributed by atoms with Crippen molar-refractivity contribution in [2.75, 3.05) is 6.61 Å². The highest BCUT2D eigenvalue weighted by Crippen LogP contribution is 2.58. The van der Waals surface area contributed by atoms with Gasteiger partial charge in [-0.2, -0.15) is 52.7 Å². The van der Waals surface area contributed by atoms with Crippen LogP contribution < -0.4 is 18.9 Å². The average molecular weight is 1390 g/mol. The third-order valence-electron chi connectivity index (χ3n) is 15.7. The first-order valence-electron chi connectivity index (χ1n) is 29.1. The van der Waals surface area contributed by atoms with Gasteiger partial charge in [-0.1, -0.05) is 83.9 Å². The Bertz CT molecular complexity index is 4410. The fraction of sp³-hybridized carbons (Fsp3) is 0.151. The van der Waals surface area contributed by atoms with Gasteiger partial charge in [0.15, 0.2) is 11.6 Å². The SMILES string of the molecule is O=C(c1ccc(Cl)cc1)c1ccc(Oc2ccc(C(c3ccc(OCCCCCc4ccc(S(=O)(=O)c5ccc(Oc6ccc(C(c7ccc(Oc8ccc(C(=O)c9ccc(Cl)cc9)cc8)cc7)(C(F)(F)F)C(F)(F)F)cc6)cc5)cc4)cc3)(C(F)(F)F)C(F)(F)F)cc2)cc1. The lowest BCUT2D eigenvalue weighted by atomic mass is 9.73. The van der Waals surface area contributed by atoms with Gasteiger partial charge in [-0.3, -0.25) is 9.59 Å². The number of alkyl halides is 12. The maximum Gasteiger partial charge on any atom is 0.411 e. The summed E-state index contributed by atoms with van der Waals surface area (Å²) in [6, 6.07) is 48.0. The van der Waals surface area contributed by atoms with Gasteiger partial charge in [0.05, 0.1) is 16.4 Å². The summed E-state index contributed by atoms with van der Waals surface area (Å²) in [5, 5.41) is 0.873. The number of halogens is 14. The minimum Gasteiger partial charge on any atom is -0.494 e. The van der Waals surface area contributed by atoms with Crippen molar-refractivity contribution in [2.24, 2.45) is 0 Å². The van der Waals surface area contributed by atoms with Crippen LogP contribution in [0.1, 0.15) is 78.9 Å².